The molecule has 0 aliphatic rings. The molecule has 0 unspecified atom stereocenters. The first-order valence-corrected chi connectivity index (χ1v) is 8.86. The van der Waals surface area contributed by atoms with E-state index in [0.717, 1.165) is 5.56 Å². The van der Waals surface area contributed by atoms with Crippen LogP contribution >= 0.6 is 0 Å². The molecule has 0 heterocycles. The molecule has 3 N–H and O–H groups in total. The predicted octanol–water partition coefficient (Wildman–Crippen LogP) is 0.978. The van der Waals surface area contributed by atoms with E-state index < -0.39 is 12.0 Å². The van der Waals surface area contributed by atoms with Gasteiger partial charge in [-0.25, -0.2) is 5.06 Å². The number of rotatable bonds is 11. The Kier molecular flexibility index (Phi) is 9.29. The van der Waals surface area contributed by atoms with E-state index in [-0.39, 0.29) is 30.7 Å². The van der Waals surface area contributed by atoms with Crippen molar-refractivity contribution in [3.05, 3.63) is 29.8 Å². The van der Waals surface area contributed by atoms with E-state index in [9.17, 15) is 19.6 Å². The number of hydroxylamine groups is 2. The second kappa shape index (κ2) is 11.2. The van der Waals surface area contributed by atoms with Gasteiger partial charge in [-0.2, -0.15) is 0 Å². The van der Waals surface area contributed by atoms with Gasteiger partial charge in [-0.3, -0.25) is 19.6 Å². The van der Waals surface area contributed by atoms with Crippen LogP contribution in [0.15, 0.2) is 24.3 Å². The molecular formula is C19H29N3O5. The fourth-order valence-corrected chi connectivity index (χ4v) is 2.77. The molecule has 2 atom stereocenters. The number of amides is 3. The Balaban J connectivity index is 2.89. The molecule has 0 fully saturated rings. The maximum Gasteiger partial charge on any atom is 0.242 e. The number of nitrogens with zero attached hydrogens (tertiary/aromatic N) is 1. The van der Waals surface area contributed by atoms with E-state index in [1.807, 2.05) is 26.0 Å². The molecule has 0 saturated carbocycles. The summed E-state index contributed by atoms with van der Waals surface area (Å²) in [6.07, 6.45) is 1.04. The van der Waals surface area contributed by atoms with Crippen LogP contribution in [0.4, 0.5) is 0 Å². The van der Waals surface area contributed by atoms with E-state index in [2.05, 4.69) is 10.6 Å². The van der Waals surface area contributed by atoms with Gasteiger partial charge in [-0.1, -0.05) is 26.0 Å². The van der Waals surface area contributed by atoms with Gasteiger partial charge in [0.25, 0.3) is 0 Å². The lowest BCUT2D eigenvalue weighted by atomic mass is 9.95. The monoisotopic (exact) mass is 379 g/mol. The van der Waals surface area contributed by atoms with Gasteiger partial charge in [0.2, 0.25) is 18.2 Å². The predicted molar refractivity (Wildman–Crippen MR) is 100 cm³/mol. The Bertz CT molecular complexity index is 618. The molecule has 0 radical (unpaired) electrons. The van der Waals surface area contributed by atoms with Crippen LogP contribution in [-0.4, -0.2) is 55.2 Å². The third kappa shape index (κ3) is 7.65. The van der Waals surface area contributed by atoms with Gasteiger partial charge in [0.1, 0.15) is 11.8 Å². The van der Waals surface area contributed by atoms with E-state index in [0.29, 0.717) is 23.7 Å². The van der Waals surface area contributed by atoms with Crippen LogP contribution in [0, 0.1) is 11.8 Å². The van der Waals surface area contributed by atoms with E-state index in [1.165, 1.54) is 7.05 Å². The first kappa shape index (κ1) is 22.4. The Morgan fingerprint density at radius 2 is 1.85 bits per heavy atom. The normalized spacial score (nSPS) is 12.8. The van der Waals surface area contributed by atoms with Crippen LogP contribution in [0.2, 0.25) is 0 Å². The number of carbonyl (C=O) groups is 3. The van der Waals surface area contributed by atoms with Gasteiger partial charge in [-0.05, 0) is 30.0 Å². The smallest absolute Gasteiger partial charge is 0.242 e. The molecule has 150 valence electrons. The third-order valence-electron chi connectivity index (χ3n) is 4.13. The number of carbonyl (C=O) groups excluding carboxylic acids is 3. The van der Waals surface area contributed by atoms with Gasteiger partial charge in [-0.15, -0.1) is 0 Å². The molecule has 8 nitrogen and oxygen atoms in total. The van der Waals surface area contributed by atoms with Crippen molar-refractivity contribution in [2.24, 2.45) is 11.8 Å². The number of likely N-dealkylation sites (N-methyl/N-ethyl adjacent to an activating group) is 1. The summed E-state index contributed by atoms with van der Waals surface area (Å²) in [6, 6.07) is 6.46. The van der Waals surface area contributed by atoms with Gasteiger partial charge < -0.3 is 15.4 Å². The molecular weight excluding hydrogens is 350 g/mol. The van der Waals surface area contributed by atoms with Gasteiger partial charge in [0.05, 0.1) is 19.6 Å². The summed E-state index contributed by atoms with van der Waals surface area (Å²) < 4.78 is 5.12. The van der Waals surface area contributed by atoms with Crippen molar-refractivity contribution in [1.82, 2.24) is 15.7 Å². The fraction of sp³-hybridized carbons (Fsp3) is 0.526. The minimum Gasteiger partial charge on any atom is -0.497 e. The molecule has 0 aromatic heterocycles. The zero-order valence-electron chi connectivity index (χ0n) is 16.3. The lowest BCUT2D eigenvalue weighted by molar-refractivity contribution is -0.155. The van der Waals surface area contributed by atoms with Crippen LogP contribution < -0.4 is 15.4 Å². The van der Waals surface area contributed by atoms with Crippen molar-refractivity contribution < 1.29 is 24.3 Å². The van der Waals surface area contributed by atoms with Crippen LogP contribution in [-0.2, 0) is 20.8 Å². The summed E-state index contributed by atoms with van der Waals surface area (Å²) in [7, 11) is 3.07. The quantitative estimate of drug-likeness (QED) is 0.302. The molecule has 27 heavy (non-hydrogen) atoms. The van der Waals surface area contributed by atoms with E-state index in [1.54, 1.807) is 19.2 Å². The zero-order chi connectivity index (χ0) is 20.4. The van der Waals surface area contributed by atoms with Crippen LogP contribution in [0.5, 0.6) is 5.75 Å². The van der Waals surface area contributed by atoms with Crippen molar-refractivity contribution in [2.75, 3.05) is 20.7 Å². The summed E-state index contributed by atoms with van der Waals surface area (Å²) in [5.41, 5.74) is 0.863. The van der Waals surface area contributed by atoms with Crippen LogP contribution in [0.3, 0.4) is 0 Å². The second-order valence-electron chi connectivity index (χ2n) is 6.78. The Morgan fingerprint density at radius 3 is 2.33 bits per heavy atom. The van der Waals surface area contributed by atoms with Crippen molar-refractivity contribution >= 4 is 18.2 Å². The Morgan fingerprint density at radius 1 is 1.22 bits per heavy atom. The third-order valence-corrected chi connectivity index (χ3v) is 4.13. The van der Waals surface area contributed by atoms with Crippen LogP contribution in [0.1, 0.15) is 25.8 Å². The van der Waals surface area contributed by atoms with Crippen molar-refractivity contribution in [3.8, 4) is 5.75 Å². The van der Waals surface area contributed by atoms with E-state index >= 15 is 0 Å². The summed E-state index contributed by atoms with van der Waals surface area (Å²) in [5, 5.41) is 15.2. The average molecular weight is 379 g/mol. The topological polar surface area (TPSA) is 108 Å². The average Bonchev–Trinajstić information content (AvgIpc) is 2.66. The zero-order valence-corrected chi connectivity index (χ0v) is 16.3. The maximum absolute atomic E-state index is 12.7. The van der Waals surface area contributed by atoms with Gasteiger partial charge in [0, 0.05) is 13.5 Å². The molecule has 8 heteroatoms. The number of hydrogen-bond donors (Lipinski definition) is 3. The lowest BCUT2D eigenvalue weighted by Crippen LogP contribution is -2.50. The molecule has 0 aliphatic heterocycles. The minimum absolute atomic E-state index is 0.128. The lowest BCUT2D eigenvalue weighted by Gasteiger charge is -2.24. The summed E-state index contributed by atoms with van der Waals surface area (Å²) in [5.74, 6) is -0.442. The fourth-order valence-electron chi connectivity index (χ4n) is 2.77. The molecule has 1 rings (SSSR count). The van der Waals surface area contributed by atoms with Crippen molar-refractivity contribution in [3.63, 3.8) is 0 Å². The maximum atomic E-state index is 12.7. The van der Waals surface area contributed by atoms with Crippen LogP contribution in [0.25, 0.3) is 0 Å². The second-order valence-corrected chi connectivity index (χ2v) is 6.78. The minimum atomic E-state index is -0.770. The summed E-state index contributed by atoms with van der Waals surface area (Å²) in [6.45, 7) is 3.75. The number of methoxy groups -OCH3 is 1. The van der Waals surface area contributed by atoms with Gasteiger partial charge >= 0.3 is 0 Å². The standard InChI is InChI=1S/C19H29N3O5/c1-13(2)9-15(11-22(26)12-23)18(24)21-17(19(25)20-3)10-14-5-7-16(27-4)8-6-14/h5-8,12-13,15,17,26H,9-11H2,1-4H3,(H,20,25)(H,21,24)/t15-,17-/m0/s1. The first-order chi connectivity index (χ1) is 12.8. The highest BCUT2D eigenvalue weighted by Gasteiger charge is 2.27. The molecule has 3 amide bonds. The molecule has 0 aliphatic carbocycles. The Labute approximate surface area is 159 Å². The highest BCUT2D eigenvalue weighted by molar-refractivity contribution is 5.88. The molecule has 0 bridgehead atoms. The van der Waals surface area contributed by atoms with E-state index in [4.69, 9.17) is 4.74 Å². The summed E-state index contributed by atoms with van der Waals surface area (Å²) >= 11 is 0. The molecule has 0 spiro atoms. The first-order valence-electron chi connectivity index (χ1n) is 8.86. The highest BCUT2D eigenvalue weighted by Crippen LogP contribution is 2.15. The largest absolute Gasteiger partial charge is 0.497 e. The number of ether oxygens (including phenoxy) is 1. The Hall–Kier alpha value is -2.61. The molecule has 0 saturated heterocycles. The number of hydrogen-bond acceptors (Lipinski definition) is 5. The molecule has 1 aromatic rings. The molecule has 1 aromatic carbocycles. The SMILES string of the molecule is CNC(=O)[C@H](Cc1ccc(OC)cc1)NC(=O)[C@@H](CC(C)C)CN(O)C=O. The van der Waals surface area contributed by atoms with Gasteiger partial charge in [0.15, 0.2) is 0 Å². The summed E-state index contributed by atoms with van der Waals surface area (Å²) in [4.78, 5) is 35.6. The van der Waals surface area contributed by atoms with Crippen molar-refractivity contribution in [2.45, 2.75) is 32.7 Å². The number of benzene rings is 1. The number of nitrogens with one attached hydrogen (secondary N) is 2. The highest BCUT2D eigenvalue weighted by atomic mass is 16.5. The van der Waals surface area contributed by atoms with Crippen molar-refractivity contribution in [1.29, 1.82) is 0 Å².